The number of nitriles is 1. The van der Waals surface area contributed by atoms with Crippen molar-refractivity contribution < 1.29 is 4.74 Å². The zero-order valence-corrected chi connectivity index (χ0v) is 13.0. The Labute approximate surface area is 130 Å². The molecule has 0 saturated heterocycles. The van der Waals surface area contributed by atoms with Gasteiger partial charge in [-0.1, -0.05) is 13.0 Å². The Balaban J connectivity index is 2.38. The Bertz CT molecular complexity index is 724. The summed E-state index contributed by atoms with van der Waals surface area (Å²) in [5.74, 6) is 0.831. The van der Waals surface area contributed by atoms with E-state index in [9.17, 15) is 4.79 Å². The molecule has 0 aliphatic heterocycles. The summed E-state index contributed by atoms with van der Waals surface area (Å²) in [5.41, 5.74) is 2.27. The average molecular weight is 296 g/mol. The van der Waals surface area contributed by atoms with Gasteiger partial charge < -0.3 is 9.30 Å². The molecule has 4 nitrogen and oxygen atoms in total. The van der Waals surface area contributed by atoms with E-state index in [1.165, 1.54) is 0 Å². The standard InChI is InChI=1S/C18H20N2O2/c1-3-13-22-16-8-5-14(6-9-16)17-10-7-15(11-12-19)18(21)20(17)4-2/h5-10H,3-4,11,13H2,1-2H3. The molecule has 0 aliphatic rings. The van der Waals surface area contributed by atoms with E-state index in [4.69, 9.17) is 10.00 Å². The van der Waals surface area contributed by atoms with E-state index in [1.54, 1.807) is 10.6 Å². The summed E-state index contributed by atoms with van der Waals surface area (Å²) in [5, 5.41) is 8.78. The molecule has 1 aromatic heterocycles. The average Bonchev–Trinajstić information content (AvgIpc) is 2.55. The lowest BCUT2D eigenvalue weighted by Gasteiger charge is -2.13. The molecule has 4 heteroatoms. The normalized spacial score (nSPS) is 10.2. The van der Waals surface area contributed by atoms with Crippen molar-refractivity contribution in [1.29, 1.82) is 5.26 Å². The molecular formula is C18H20N2O2. The van der Waals surface area contributed by atoms with E-state index >= 15 is 0 Å². The van der Waals surface area contributed by atoms with Gasteiger partial charge in [-0.25, -0.2) is 0 Å². The Morgan fingerprint density at radius 3 is 2.45 bits per heavy atom. The van der Waals surface area contributed by atoms with Crippen molar-refractivity contribution in [2.45, 2.75) is 33.2 Å². The van der Waals surface area contributed by atoms with Crippen molar-refractivity contribution in [2.75, 3.05) is 6.61 Å². The van der Waals surface area contributed by atoms with Crippen LogP contribution in [0.25, 0.3) is 11.3 Å². The molecule has 0 N–H and O–H groups in total. The maximum atomic E-state index is 12.4. The molecule has 0 saturated carbocycles. The van der Waals surface area contributed by atoms with E-state index in [-0.39, 0.29) is 12.0 Å². The molecular weight excluding hydrogens is 276 g/mol. The van der Waals surface area contributed by atoms with E-state index in [1.807, 2.05) is 43.3 Å². The summed E-state index contributed by atoms with van der Waals surface area (Å²) in [7, 11) is 0. The van der Waals surface area contributed by atoms with Gasteiger partial charge in [-0.15, -0.1) is 0 Å². The van der Waals surface area contributed by atoms with Crippen LogP contribution in [-0.4, -0.2) is 11.2 Å². The molecule has 2 rings (SSSR count). The second-order valence-corrected chi connectivity index (χ2v) is 5.00. The molecule has 1 aromatic carbocycles. The number of nitrogens with zero attached hydrogens (tertiary/aromatic N) is 2. The highest BCUT2D eigenvalue weighted by atomic mass is 16.5. The Morgan fingerprint density at radius 2 is 1.86 bits per heavy atom. The van der Waals surface area contributed by atoms with Crippen molar-refractivity contribution in [1.82, 2.24) is 4.57 Å². The van der Waals surface area contributed by atoms with Gasteiger partial charge in [-0.05, 0) is 49.2 Å². The lowest BCUT2D eigenvalue weighted by atomic mass is 10.1. The van der Waals surface area contributed by atoms with Crippen LogP contribution in [0, 0.1) is 11.3 Å². The second-order valence-electron chi connectivity index (χ2n) is 5.00. The first-order valence-corrected chi connectivity index (χ1v) is 7.54. The molecule has 0 amide bonds. The van der Waals surface area contributed by atoms with E-state index in [2.05, 4.69) is 6.92 Å². The number of hydrogen-bond donors (Lipinski definition) is 0. The van der Waals surface area contributed by atoms with E-state index in [0.717, 1.165) is 23.4 Å². The topological polar surface area (TPSA) is 55.0 Å². The maximum absolute atomic E-state index is 12.4. The van der Waals surface area contributed by atoms with Crippen molar-refractivity contribution in [2.24, 2.45) is 0 Å². The lowest BCUT2D eigenvalue weighted by Crippen LogP contribution is -2.24. The van der Waals surface area contributed by atoms with Gasteiger partial charge in [0.05, 0.1) is 24.8 Å². The quantitative estimate of drug-likeness (QED) is 0.821. The van der Waals surface area contributed by atoms with Gasteiger partial charge in [0.2, 0.25) is 0 Å². The summed E-state index contributed by atoms with van der Waals surface area (Å²) in [6.45, 7) is 5.26. The van der Waals surface area contributed by atoms with Crippen molar-refractivity contribution in [3.05, 3.63) is 52.3 Å². The van der Waals surface area contributed by atoms with Crippen LogP contribution >= 0.6 is 0 Å². The largest absolute Gasteiger partial charge is 0.494 e. The van der Waals surface area contributed by atoms with E-state index in [0.29, 0.717) is 18.7 Å². The Hall–Kier alpha value is -2.54. The smallest absolute Gasteiger partial charge is 0.255 e. The molecule has 1 heterocycles. The SMILES string of the molecule is CCCOc1ccc(-c2ccc(CC#N)c(=O)n2CC)cc1. The summed E-state index contributed by atoms with van der Waals surface area (Å²) < 4.78 is 7.28. The second kappa shape index (κ2) is 7.46. The van der Waals surface area contributed by atoms with Gasteiger partial charge in [0.25, 0.3) is 5.56 Å². The summed E-state index contributed by atoms with van der Waals surface area (Å²) >= 11 is 0. The maximum Gasteiger partial charge on any atom is 0.255 e. The van der Waals surface area contributed by atoms with Crippen LogP contribution in [0.15, 0.2) is 41.2 Å². The first-order chi connectivity index (χ1) is 10.7. The minimum Gasteiger partial charge on any atom is -0.494 e. The fourth-order valence-corrected chi connectivity index (χ4v) is 2.35. The summed E-state index contributed by atoms with van der Waals surface area (Å²) in [6, 6.07) is 13.4. The molecule has 2 aromatic rings. The first-order valence-electron chi connectivity index (χ1n) is 7.54. The zero-order chi connectivity index (χ0) is 15.9. The number of benzene rings is 1. The predicted molar refractivity (Wildman–Crippen MR) is 86.9 cm³/mol. The number of ether oxygens (including phenoxy) is 1. The Morgan fingerprint density at radius 1 is 1.14 bits per heavy atom. The van der Waals surface area contributed by atoms with Crippen molar-refractivity contribution in [3.63, 3.8) is 0 Å². The first kappa shape index (κ1) is 15.8. The van der Waals surface area contributed by atoms with Crippen molar-refractivity contribution in [3.8, 4) is 23.1 Å². The van der Waals surface area contributed by atoms with Crippen molar-refractivity contribution >= 4 is 0 Å². The fourth-order valence-electron chi connectivity index (χ4n) is 2.35. The molecule has 22 heavy (non-hydrogen) atoms. The molecule has 0 atom stereocenters. The van der Waals surface area contributed by atoms with Gasteiger partial charge in [0, 0.05) is 12.1 Å². The number of pyridine rings is 1. The van der Waals surface area contributed by atoms with Crippen LogP contribution in [0.2, 0.25) is 0 Å². The minimum absolute atomic E-state index is 0.0899. The number of aromatic nitrogens is 1. The molecule has 0 spiro atoms. The van der Waals surface area contributed by atoms with Gasteiger partial charge in [0.1, 0.15) is 5.75 Å². The fraction of sp³-hybridized carbons (Fsp3) is 0.333. The van der Waals surface area contributed by atoms with E-state index < -0.39 is 0 Å². The van der Waals surface area contributed by atoms with Gasteiger partial charge >= 0.3 is 0 Å². The van der Waals surface area contributed by atoms with Crippen LogP contribution in [-0.2, 0) is 13.0 Å². The highest BCUT2D eigenvalue weighted by molar-refractivity contribution is 5.61. The Kier molecular flexibility index (Phi) is 5.37. The third kappa shape index (κ3) is 3.37. The summed E-state index contributed by atoms with van der Waals surface area (Å²) in [4.78, 5) is 12.4. The monoisotopic (exact) mass is 296 g/mol. The molecule has 0 radical (unpaired) electrons. The highest BCUT2D eigenvalue weighted by Gasteiger charge is 2.09. The molecule has 0 bridgehead atoms. The zero-order valence-electron chi connectivity index (χ0n) is 13.0. The summed E-state index contributed by atoms with van der Waals surface area (Å²) in [6.07, 6.45) is 1.11. The van der Waals surface area contributed by atoms with Crippen LogP contribution in [0.1, 0.15) is 25.8 Å². The van der Waals surface area contributed by atoms with Gasteiger partial charge in [-0.3, -0.25) is 4.79 Å². The molecule has 0 unspecified atom stereocenters. The number of hydrogen-bond acceptors (Lipinski definition) is 3. The predicted octanol–water partition coefficient (Wildman–Crippen LogP) is 3.39. The highest BCUT2D eigenvalue weighted by Crippen LogP contribution is 2.22. The minimum atomic E-state index is -0.0899. The lowest BCUT2D eigenvalue weighted by molar-refractivity contribution is 0.317. The molecule has 0 aliphatic carbocycles. The number of rotatable bonds is 6. The molecule has 114 valence electrons. The van der Waals surface area contributed by atoms with Crippen LogP contribution in [0.3, 0.4) is 0 Å². The van der Waals surface area contributed by atoms with Crippen LogP contribution in [0.4, 0.5) is 0 Å². The van der Waals surface area contributed by atoms with Gasteiger partial charge in [-0.2, -0.15) is 5.26 Å². The van der Waals surface area contributed by atoms with Gasteiger partial charge in [0.15, 0.2) is 0 Å². The van der Waals surface area contributed by atoms with Crippen LogP contribution < -0.4 is 10.3 Å². The third-order valence-electron chi connectivity index (χ3n) is 3.46. The third-order valence-corrected chi connectivity index (χ3v) is 3.46. The molecule has 0 fully saturated rings. The van der Waals surface area contributed by atoms with Crippen LogP contribution in [0.5, 0.6) is 5.75 Å².